The molecule has 3 fully saturated rings. The fourth-order valence-electron chi connectivity index (χ4n) is 6.87. The molecule has 6 heterocycles. The van der Waals surface area contributed by atoms with Gasteiger partial charge in [0.05, 0.1) is 23.2 Å². The number of nitrogens with one attached hydrogen (secondary N) is 1. The topological polar surface area (TPSA) is 151 Å². The molecule has 1 unspecified atom stereocenters. The van der Waals surface area contributed by atoms with Gasteiger partial charge in [-0.2, -0.15) is 9.61 Å². The molecule has 5 aromatic rings. The highest BCUT2D eigenvalue weighted by atomic mass is 16.3. The molecule has 11 heteroatoms. The van der Waals surface area contributed by atoms with Crippen LogP contribution in [0.2, 0.25) is 0 Å². The minimum Gasteiger partial charge on any atom is -0.385 e. The van der Waals surface area contributed by atoms with Crippen LogP contribution in [0.25, 0.3) is 28.0 Å². The summed E-state index contributed by atoms with van der Waals surface area (Å²) in [5, 5.41) is 22.6. The van der Waals surface area contributed by atoms with Crippen LogP contribution in [0.3, 0.4) is 0 Å². The van der Waals surface area contributed by atoms with Gasteiger partial charge in [0.15, 0.2) is 5.65 Å². The number of fused-ring (bicyclic) bond motifs is 3. The van der Waals surface area contributed by atoms with Crippen molar-refractivity contribution < 1.29 is 9.90 Å². The zero-order valence-corrected chi connectivity index (χ0v) is 22.3. The third-order valence-electron chi connectivity index (χ3n) is 9.00. The third kappa shape index (κ3) is 3.83. The number of hydrogen-bond donors (Lipinski definition) is 3. The number of nitrogens with two attached hydrogens (primary N) is 1. The summed E-state index contributed by atoms with van der Waals surface area (Å²) in [4.78, 5) is 29.1. The fourth-order valence-corrected chi connectivity index (χ4v) is 6.87. The zero-order chi connectivity index (χ0) is 27.7. The molecule has 41 heavy (non-hydrogen) atoms. The molecule has 1 amide bonds. The highest BCUT2D eigenvalue weighted by Crippen LogP contribution is 2.53. The number of aromatic amines is 1. The first-order chi connectivity index (χ1) is 20.0. The van der Waals surface area contributed by atoms with Gasteiger partial charge in [0.2, 0.25) is 5.82 Å². The number of aliphatic hydroxyl groups is 1. The van der Waals surface area contributed by atoms with Crippen LogP contribution in [0.15, 0.2) is 61.2 Å². The Morgan fingerprint density at radius 3 is 2.44 bits per heavy atom. The minimum atomic E-state index is -0.990. The molecule has 0 spiro atoms. The fraction of sp³-hybridized carbons (Fsp3) is 0.333. The van der Waals surface area contributed by atoms with E-state index < -0.39 is 5.60 Å². The van der Waals surface area contributed by atoms with Crippen LogP contribution >= 0.6 is 0 Å². The van der Waals surface area contributed by atoms with Crippen molar-refractivity contribution in [2.45, 2.75) is 62.1 Å². The number of anilines is 1. The van der Waals surface area contributed by atoms with E-state index in [0.29, 0.717) is 29.9 Å². The Bertz CT molecular complexity index is 1750. The highest BCUT2D eigenvalue weighted by Gasteiger charge is 2.50. The molecule has 0 radical (unpaired) electrons. The molecule has 11 nitrogen and oxygen atoms in total. The predicted molar refractivity (Wildman–Crippen MR) is 151 cm³/mol. The Morgan fingerprint density at radius 2 is 1.78 bits per heavy atom. The largest absolute Gasteiger partial charge is 0.385 e. The SMILES string of the molecule is Nc1c(C2(O)CC2)c([C@@H]2CC3CC[C@@H](C2)N3C(=O)c2nc[nH]n2)nc2c(-c3ccc(-c4ccccc4)nc3)cnn12. The number of hydrogen-bond acceptors (Lipinski definition) is 8. The molecule has 1 aliphatic carbocycles. The molecule has 4 N–H and O–H groups in total. The average molecular weight is 548 g/mol. The summed E-state index contributed by atoms with van der Waals surface area (Å²) in [6.45, 7) is 0. The van der Waals surface area contributed by atoms with Crippen molar-refractivity contribution >= 4 is 17.4 Å². The van der Waals surface area contributed by atoms with Gasteiger partial charge in [-0.15, -0.1) is 5.10 Å². The second-order valence-electron chi connectivity index (χ2n) is 11.5. The Hall–Kier alpha value is -4.64. The van der Waals surface area contributed by atoms with Crippen LogP contribution in [-0.2, 0) is 5.60 Å². The molecule has 3 atom stereocenters. The van der Waals surface area contributed by atoms with Crippen molar-refractivity contribution in [1.29, 1.82) is 0 Å². The quantitative estimate of drug-likeness (QED) is 0.301. The lowest BCUT2D eigenvalue weighted by Gasteiger charge is -2.39. The first-order valence-electron chi connectivity index (χ1n) is 14.1. The number of H-pyrrole nitrogens is 1. The number of nitrogen functional groups attached to an aromatic ring is 1. The second kappa shape index (κ2) is 8.93. The van der Waals surface area contributed by atoms with Gasteiger partial charge >= 0.3 is 0 Å². The van der Waals surface area contributed by atoms with Gasteiger partial charge in [-0.05, 0) is 44.6 Å². The van der Waals surface area contributed by atoms with Gasteiger partial charge in [0.1, 0.15) is 12.1 Å². The van der Waals surface area contributed by atoms with Gasteiger partial charge in [-0.1, -0.05) is 36.4 Å². The van der Waals surface area contributed by atoms with E-state index in [1.54, 1.807) is 10.7 Å². The number of nitrogens with zero attached hydrogens (tertiary/aromatic N) is 7. The molecule has 2 bridgehead atoms. The minimum absolute atomic E-state index is 0.0527. The van der Waals surface area contributed by atoms with Crippen molar-refractivity contribution in [3.63, 3.8) is 0 Å². The van der Waals surface area contributed by atoms with Crippen molar-refractivity contribution in [3.8, 4) is 22.4 Å². The van der Waals surface area contributed by atoms with Crippen LogP contribution in [0, 0.1) is 0 Å². The average Bonchev–Trinajstić information content (AvgIpc) is 3.35. The van der Waals surface area contributed by atoms with Gasteiger partial charge in [-0.25, -0.2) is 9.97 Å². The number of piperidine rings is 1. The monoisotopic (exact) mass is 547 g/mol. The van der Waals surface area contributed by atoms with E-state index in [4.69, 9.17) is 15.7 Å². The number of pyridine rings is 1. The van der Waals surface area contributed by atoms with Gasteiger partial charge in [0, 0.05) is 46.5 Å². The van der Waals surface area contributed by atoms with E-state index in [2.05, 4.69) is 20.3 Å². The standard InChI is InChI=1S/C30H29N9O2/c31-26-24(30(41)10-11-30)25(19-12-20-7-8-21(13-19)38(20)29(40)27-33-16-34-37-27)36-28-22(15-35-39(26)28)18-6-9-23(32-14-18)17-4-2-1-3-5-17/h1-6,9,14-16,19-21,41H,7-8,10-13,31H2,(H,33,34,37)/t19-,20-,21?/m0/s1. The van der Waals surface area contributed by atoms with Crippen LogP contribution in [0.5, 0.6) is 0 Å². The maximum Gasteiger partial charge on any atom is 0.294 e. The summed E-state index contributed by atoms with van der Waals surface area (Å²) in [7, 11) is 0. The lowest BCUT2D eigenvalue weighted by molar-refractivity contribution is 0.0554. The maximum absolute atomic E-state index is 13.2. The number of benzene rings is 1. The predicted octanol–water partition coefficient (Wildman–Crippen LogP) is 3.69. The molecule has 1 saturated carbocycles. The summed E-state index contributed by atoms with van der Waals surface area (Å²) in [5.41, 5.74) is 11.6. The molecular weight excluding hydrogens is 518 g/mol. The molecule has 3 aliphatic rings. The van der Waals surface area contributed by atoms with E-state index in [9.17, 15) is 9.90 Å². The van der Waals surface area contributed by atoms with E-state index in [0.717, 1.165) is 53.8 Å². The lowest BCUT2D eigenvalue weighted by atomic mass is 9.84. The maximum atomic E-state index is 13.2. The Balaban J connectivity index is 1.18. The summed E-state index contributed by atoms with van der Waals surface area (Å²) in [5.74, 6) is 0.548. The summed E-state index contributed by atoms with van der Waals surface area (Å²) >= 11 is 0. The van der Waals surface area contributed by atoms with E-state index >= 15 is 0 Å². The smallest absolute Gasteiger partial charge is 0.294 e. The van der Waals surface area contributed by atoms with Crippen LogP contribution in [-0.4, -0.2) is 62.8 Å². The third-order valence-corrected chi connectivity index (χ3v) is 9.00. The van der Waals surface area contributed by atoms with Crippen LogP contribution < -0.4 is 5.73 Å². The van der Waals surface area contributed by atoms with E-state index in [1.165, 1.54) is 6.33 Å². The van der Waals surface area contributed by atoms with Gasteiger partial charge in [0.25, 0.3) is 5.91 Å². The number of carbonyl (C=O) groups excluding carboxylic acids is 1. The van der Waals surface area contributed by atoms with Crippen molar-refractivity contribution in [2.24, 2.45) is 0 Å². The number of rotatable bonds is 5. The first-order valence-corrected chi connectivity index (χ1v) is 14.1. The molecule has 1 aromatic carbocycles. The Kier molecular flexibility index (Phi) is 5.27. The van der Waals surface area contributed by atoms with E-state index in [-0.39, 0.29) is 29.7 Å². The molecular formula is C30H29N9O2. The van der Waals surface area contributed by atoms with E-state index in [1.807, 2.05) is 53.6 Å². The van der Waals surface area contributed by atoms with Crippen LogP contribution in [0.4, 0.5) is 5.82 Å². The highest BCUT2D eigenvalue weighted by molar-refractivity contribution is 5.91. The molecule has 2 saturated heterocycles. The normalized spacial score (nSPS) is 22.8. The van der Waals surface area contributed by atoms with Crippen molar-refractivity contribution in [1.82, 2.24) is 39.7 Å². The summed E-state index contributed by atoms with van der Waals surface area (Å²) < 4.78 is 1.64. The number of carbonyl (C=O) groups is 1. The summed E-state index contributed by atoms with van der Waals surface area (Å²) in [6, 6.07) is 14.2. The number of aromatic nitrogens is 7. The molecule has 4 aromatic heterocycles. The van der Waals surface area contributed by atoms with Gasteiger partial charge in [-0.3, -0.25) is 14.9 Å². The Labute approximate surface area is 235 Å². The first kappa shape index (κ1) is 24.2. The second-order valence-corrected chi connectivity index (χ2v) is 11.5. The number of amides is 1. The Morgan fingerprint density at radius 1 is 1.00 bits per heavy atom. The zero-order valence-electron chi connectivity index (χ0n) is 22.3. The molecule has 8 rings (SSSR count). The van der Waals surface area contributed by atoms with Crippen LogP contribution in [0.1, 0.15) is 66.3 Å². The lowest BCUT2D eigenvalue weighted by Crippen LogP contribution is -2.46. The molecule has 2 aliphatic heterocycles. The summed E-state index contributed by atoms with van der Waals surface area (Å²) in [6.07, 6.45) is 9.66. The van der Waals surface area contributed by atoms with Crippen molar-refractivity contribution in [2.75, 3.05) is 5.73 Å². The van der Waals surface area contributed by atoms with Gasteiger partial charge < -0.3 is 15.7 Å². The van der Waals surface area contributed by atoms with Crippen molar-refractivity contribution in [3.05, 3.63) is 78.3 Å². The molecule has 206 valence electrons.